The van der Waals surface area contributed by atoms with E-state index in [9.17, 15) is 0 Å². The van der Waals surface area contributed by atoms with Crippen LogP contribution in [0.15, 0.2) is 45.8 Å². The molecule has 2 rings (SSSR count). The van der Waals surface area contributed by atoms with E-state index in [1.807, 2.05) is 19.1 Å². The summed E-state index contributed by atoms with van der Waals surface area (Å²) in [6.07, 6.45) is 3.34. The Morgan fingerprint density at radius 1 is 1.33 bits per heavy atom. The molecule has 0 amide bonds. The van der Waals surface area contributed by atoms with Crippen molar-refractivity contribution in [1.82, 2.24) is 15.0 Å². The van der Waals surface area contributed by atoms with Gasteiger partial charge in [0.05, 0.1) is 0 Å². The SMILES string of the molecule is Cc1ccnc(Sc2ccc(/C(N)=N/O)nc2)n1. The molecule has 0 unspecified atom stereocenters. The van der Waals surface area contributed by atoms with Crippen LogP contribution >= 0.6 is 11.8 Å². The van der Waals surface area contributed by atoms with Gasteiger partial charge in [0.1, 0.15) is 5.69 Å². The van der Waals surface area contributed by atoms with Crippen molar-refractivity contribution in [3.05, 3.63) is 42.0 Å². The lowest BCUT2D eigenvalue weighted by Gasteiger charge is -2.02. The number of aryl methyl sites for hydroxylation is 1. The number of hydrogen-bond donors (Lipinski definition) is 2. The van der Waals surface area contributed by atoms with E-state index in [-0.39, 0.29) is 5.84 Å². The Labute approximate surface area is 108 Å². The minimum atomic E-state index is -0.0154. The zero-order valence-corrected chi connectivity index (χ0v) is 10.4. The van der Waals surface area contributed by atoms with Crippen LogP contribution in [-0.2, 0) is 0 Å². The fourth-order valence-electron chi connectivity index (χ4n) is 1.22. The smallest absolute Gasteiger partial charge is 0.192 e. The van der Waals surface area contributed by atoms with Crippen LogP contribution in [0.25, 0.3) is 0 Å². The van der Waals surface area contributed by atoms with Gasteiger partial charge in [-0.3, -0.25) is 4.98 Å². The number of aromatic nitrogens is 3. The van der Waals surface area contributed by atoms with E-state index in [0.717, 1.165) is 10.6 Å². The molecule has 6 nitrogen and oxygen atoms in total. The molecular weight excluding hydrogens is 250 g/mol. The molecule has 92 valence electrons. The molecule has 18 heavy (non-hydrogen) atoms. The van der Waals surface area contributed by atoms with Crippen molar-refractivity contribution in [2.75, 3.05) is 0 Å². The Morgan fingerprint density at radius 2 is 2.17 bits per heavy atom. The molecule has 0 spiro atoms. The molecule has 0 aliphatic rings. The van der Waals surface area contributed by atoms with Crippen LogP contribution in [0.1, 0.15) is 11.4 Å². The minimum absolute atomic E-state index is 0.0154. The minimum Gasteiger partial charge on any atom is -0.409 e. The predicted molar refractivity (Wildman–Crippen MR) is 67.6 cm³/mol. The topological polar surface area (TPSA) is 97.3 Å². The van der Waals surface area contributed by atoms with E-state index in [4.69, 9.17) is 10.9 Å². The molecule has 0 atom stereocenters. The van der Waals surface area contributed by atoms with Gasteiger partial charge in [0.25, 0.3) is 0 Å². The average Bonchev–Trinajstić information content (AvgIpc) is 2.39. The third-order valence-corrected chi connectivity index (χ3v) is 2.94. The molecule has 0 fully saturated rings. The number of hydrogen-bond acceptors (Lipinski definition) is 6. The highest BCUT2D eigenvalue weighted by Crippen LogP contribution is 2.23. The second-order valence-electron chi connectivity index (χ2n) is 3.45. The van der Waals surface area contributed by atoms with Crippen molar-refractivity contribution in [3.63, 3.8) is 0 Å². The van der Waals surface area contributed by atoms with E-state index in [0.29, 0.717) is 10.9 Å². The second kappa shape index (κ2) is 5.46. The Hall–Kier alpha value is -2.15. The van der Waals surface area contributed by atoms with Gasteiger partial charge >= 0.3 is 0 Å². The lowest BCUT2D eigenvalue weighted by molar-refractivity contribution is 0.318. The molecule has 2 heterocycles. The summed E-state index contributed by atoms with van der Waals surface area (Å²) in [6.45, 7) is 1.91. The van der Waals surface area contributed by atoms with E-state index in [2.05, 4.69) is 20.1 Å². The van der Waals surface area contributed by atoms with E-state index >= 15 is 0 Å². The summed E-state index contributed by atoms with van der Waals surface area (Å²) < 4.78 is 0. The number of oxime groups is 1. The Morgan fingerprint density at radius 3 is 2.78 bits per heavy atom. The molecule has 0 aliphatic heterocycles. The first-order valence-corrected chi connectivity index (χ1v) is 5.92. The van der Waals surface area contributed by atoms with Gasteiger partial charge < -0.3 is 10.9 Å². The summed E-state index contributed by atoms with van der Waals surface area (Å²) in [5, 5.41) is 12.1. The maximum absolute atomic E-state index is 8.52. The maximum Gasteiger partial charge on any atom is 0.192 e. The number of rotatable bonds is 3. The first kappa shape index (κ1) is 12.3. The number of amidine groups is 1. The monoisotopic (exact) mass is 261 g/mol. The van der Waals surface area contributed by atoms with Gasteiger partial charge in [-0.05, 0) is 36.9 Å². The van der Waals surface area contributed by atoms with Gasteiger partial charge in [-0.2, -0.15) is 0 Å². The lowest BCUT2D eigenvalue weighted by Crippen LogP contribution is -2.14. The van der Waals surface area contributed by atoms with Crippen LogP contribution in [0.2, 0.25) is 0 Å². The quantitative estimate of drug-likeness (QED) is 0.285. The number of nitrogens with zero attached hydrogens (tertiary/aromatic N) is 4. The highest BCUT2D eigenvalue weighted by Gasteiger charge is 2.04. The molecule has 0 aromatic carbocycles. The summed E-state index contributed by atoms with van der Waals surface area (Å²) in [6, 6.07) is 5.33. The normalized spacial score (nSPS) is 11.5. The summed E-state index contributed by atoms with van der Waals surface area (Å²) in [5.41, 5.74) is 6.76. The zero-order valence-electron chi connectivity index (χ0n) is 9.61. The van der Waals surface area contributed by atoms with Crippen LogP contribution in [0.3, 0.4) is 0 Å². The number of nitrogens with two attached hydrogens (primary N) is 1. The molecule has 0 radical (unpaired) electrons. The third kappa shape index (κ3) is 2.95. The van der Waals surface area contributed by atoms with Crippen molar-refractivity contribution in [1.29, 1.82) is 0 Å². The van der Waals surface area contributed by atoms with Gasteiger partial charge in [0.2, 0.25) is 0 Å². The molecule has 0 saturated heterocycles. The Bertz CT molecular complexity index is 570. The van der Waals surface area contributed by atoms with Crippen molar-refractivity contribution in [3.8, 4) is 0 Å². The van der Waals surface area contributed by atoms with Crippen LogP contribution in [-0.4, -0.2) is 26.0 Å². The van der Waals surface area contributed by atoms with Crippen molar-refractivity contribution in [2.45, 2.75) is 17.0 Å². The molecule has 2 aromatic rings. The summed E-state index contributed by atoms with van der Waals surface area (Å²) in [4.78, 5) is 13.4. The van der Waals surface area contributed by atoms with E-state index in [1.54, 1.807) is 18.5 Å². The summed E-state index contributed by atoms with van der Waals surface area (Å²) in [7, 11) is 0. The van der Waals surface area contributed by atoms with Gasteiger partial charge in [0, 0.05) is 23.0 Å². The molecule has 2 aromatic heterocycles. The zero-order chi connectivity index (χ0) is 13.0. The third-order valence-electron chi connectivity index (χ3n) is 2.09. The van der Waals surface area contributed by atoms with Gasteiger partial charge in [-0.15, -0.1) is 0 Å². The van der Waals surface area contributed by atoms with Crippen LogP contribution < -0.4 is 5.73 Å². The first-order chi connectivity index (χ1) is 8.69. The molecule has 0 saturated carbocycles. The predicted octanol–water partition coefficient (Wildman–Crippen LogP) is 1.43. The average molecular weight is 261 g/mol. The second-order valence-corrected chi connectivity index (χ2v) is 4.49. The Balaban J connectivity index is 2.16. The van der Waals surface area contributed by atoms with Gasteiger partial charge in [-0.1, -0.05) is 5.16 Å². The highest BCUT2D eigenvalue weighted by atomic mass is 32.2. The Kier molecular flexibility index (Phi) is 3.73. The van der Waals surface area contributed by atoms with Gasteiger partial charge in [0.15, 0.2) is 11.0 Å². The fourth-order valence-corrected chi connectivity index (χ4v) is 1.98. The first-order valence-electron chi connectivity index (χ1n) is 5.10. The molecular formula is C11H11N5OS. The highest BCUT2D eigenvalue weighted by molar-refractivity contribution is 7.99. The van der Waals surface area contributed by atoms with Gasteiger partial charge in [-0.25, -0.2) is 9.97 Å². The standard InChI is InChI=1S/C11H11N5OS/c1-7-4-5-13-11(15-7)18-8-2-3-9(14-6-8)10(12)16-17/h2-6,17H,1H3,(H2,12,16). The van der Waals surface area contributed by atoms with Crippen molar-refractivity contribution < 1.29 is 5.21 Å². The molecule has 3 N–H and O–H groups in total. The van der Waals surface area contributed by atoms with E-state index < -0.39 is 0 Å². The molecule has 0 aliphatic carbocycles. The number of pyridine rings is 1. The van der Waals surface area contributed by atoms with Crippen molar-refractivity contribution >= 4 is 17.6 Å². The fraction of sp³-hybridized carbons (Fsp3) is 0.0909. The van der Waals surface area contributed by atoms with Crippen LogP contribution in [0.5, 0.6) is 0 Å². The summed E-state index contributed by atoms with van der Waals surface area (Å²) >= 11 is 1.40. The molecule has 7 heteroatoms. The lowest BCUT2D eigenvalue weighted by atomic mass is 10.3. The van der Waals surface area contributed by atoms with Crippen LogP contribution in [0.4, 0.5) is 0 Å². The van der Waals surface area contributed by atoms with E-state index in [1.165, 1.54) is 11.8 Å². The van der Waals surface area contributed by atoms with Crippen LogP contribution in [0, 0.1) is 6.92 Å². The largest absolute Gasteiger partial charge is 0.409 e. The maximum atomic E-state index is 8.52. The summed E-state index contributed by atoms with van der Waals surface area (Å²) in [5.74, 6) is -0.0154. The van der Waals surface area contributed by atoms with Crippen molar-refractivity contribution in [2.24, 2.45) is 10.9 Å². The molecule has 0 bridgehead atoms.